The summed E-state index contributed by atoms with van der Waals surface area (Å²) in [5, 5.41) is 12.4. The Hall–Kier alpha value is -2.76. The van der Waals surface area contributed by atoms with Crippen molar-refractivity contribution in [2.24, 2.45) is 0 Å². The van der Waals surface area contributed by atoms with Crippen molar-refractivity contribution in [1.29, 1.82) is 5.41 Å². The van der Waals surface area contributed by atoms with Crippen LogP contribution in [0.1, 0.15) is 37.7 Å². The van der Waals surface area contributed by atoms with E-state index in [1.165, 1.54) is 0 Å². The molecule has 0 radical (unpaired) electrons. The lowest BCUT2D eigenvalue weighted by Gasteiger charge is -2.31. The highest BCUT2D eigenvalue weighted by molar-refractivity contribution is 6.34. The number of allylic oxidation sites excluding steroid dienone is 1. The first-order valence-corrected chi connectivity index (χ1v) is 14.5. The number of nitrogens with zero attached hydrogens (tertiary/aromatic N) is 4. The number of hydrogen-bond acceptors (Lipinski definition) is 10. The molecule has 1 aromatic heterocycles. The highest BCUT2D eigenvalue weighted by Gasteiger charge is 2.25. The molecule has 2 atom stereocenters. The molecule has 0 bridgehead atoms. The lowest BCUT2D eigenvalue weighted by Crippen LogP contribution is -2.39. The second-order valence-corrected chi connectivity index (χ2v) is 10.8. The van der Waals surface area contributed by atoms with E-state index in [2.05, 4.69) is 22.2 Å². The van der Waals surface area contributed by atoms with Crippen LogP contribution in [0.25, 0.3) is 0 Å². The fraction of sp³-hybridized carbons (Fsp3) is 0.552. The van der Waals surface area contributed by atoms with Crippen molar-refractivity contribution in [3.05, 3.63) is 52.7 Å². The lowest BCUT2D eigenvalue weighted by atomic mass is 10.1. The Morgan fingerprint density at radius 3 is 2.67 bits per heavy atom. The summed E-state index contributed by atoms with van der Waals surface area (Å²) in [6.45, 7) is 5.32. The summed E-state index contributed by atoms with van der Waals surface area (Å²) in [6.07, 6.45) is 6.40. The Balaban J connectivity index is 1.43. The number of likely N-dealkylation sites (tertiary alicyclic amines) is 1. The first kappa shape index (κ1) is 28.8. The van der Waals surface area contributed by atoms with Crippen LogP contribution in [0.3, 0.4) is 0 Å². The number of nitrogens with one attached hydrogen (secondary N) is 2. The average Bonchev–Trinajstić information content (AvgIpc) is 2.99. The monoisotopic (exact) mass is 570 g/mol. The summed E-state index contributed by atoms with van der Waals surface area (Å²) in [7, 11) is 2.10. The molecule has 2 unspecified atom stereocenters. The van der Waals surface area contributed by atoms with E-state index in [0.717, 1.165) is 50.8 Å². The second-order valence-electron chi connectivity index (χ2n) is 10.4. The minimum absolute atomic E-state index is 0.00964. The second kappa shape index (κ2) is 14.2. The quantitative estimate of drug-likeness (QED) is 0.403. The van der Waals surface area contributed by atoms with Gasteiger partial charge in [-0.1, -0.05) is 41.9 Å². The van der Waals surface area contributed by atoms with Gasteiger partial charge in [0.2, 0.25) is 11.8 Å². The van der Waals surface area contributed by atoms with Gasteiger partial charge in [0, 0.05) is 31.9 Å². The van der Waals surface area contributed by atoms with Crippen LogP contribution in [0.4, 0.5) is 11.8 Å². The van der Waals surface area contributed by atoms with E-state index < -0.39 is 0 Å². The third-order valence-corrected chi connectivity index (χ3v) is 7.55. The Morgan fingerprint density at radius 1 is 1.10 bits per heavy atom. The van der Waals surface area contributed by atoms with Gasteiger partial charge >= 0.3 is 0 Å². The SMILES string of the molecule is CN1CCCC(Oc2nc(N3CCOCC3)nc(N/C(=C\C(=N)c3ccccc3)COC3CCCCO3)c2Cl)C1. The number of likely N-dealkylation sites (N-methyl/N-ethyl adjacent to an activating group) is 1. The van der Waals surface area contributed by atoms with Crippen molar-refractivity contribution in [3.63, 3.8) is 0 Å². The number of rotatable bonds is 10. The fourth-order valence-corrected chi connectivity index (χ4v) is 5.20. The van der Waals surface area contributed by atoms with E-state index in [4.69, 9.17) is 45.9 Å². The van der Waals surface area contributed by atoms with Crippen LogP contribution in [0.2, 0.25) is 5.02 Å². The number of halogens is 1. The normalized spacial score (nSPS) is 22.6. The van der Waals surface area contributed by atoms with Gasteiger partial charge in [-0.2, -0.15) is 9.97 Å². The van der Waals surface area contributed by atoms with Gasteiger partial charge in [0.25, 0.3) is 0 Å². The maximum Gasteiger partial charge on any atom is 0.240 e. The molecule has 2 N–H and O–H groups in total. The molecule has 0 aliphatic carbocycles. The maximum absolute atomic E-state index is 8.72. The number of anilines is 2. The predicted octanol–water partition coefficient (Wildman–Crippen LogP) is 4.35. The first-order chi connectivity index (χ1) is 19.5. The van der Waals surface area contributed by atoms with Gasteiger partial charge in [-0.25, -0.2) is 0 Å². The molecule has 40 heavy (non-hydrogen) atoms. The van der Waals surface area contributed by atoms with Crippen LogP contribution in [0, 0.1) is 5.41 Å². The molecule has 216 valence electrons. The third-order valence-electron chi connectivity index (χ3n) is 7.21. The van der Waals surface area contributed by atoms with Crippen molar-refractivity contribution < 1.29 is 18.9 Å². The average molecular weight is 571 g/mol. The number of piperidine rings is 1. The Morgan fingerprint density at radius 2 is 1.93 bits per heavy atom. The van der Waals surface area contributed by atoms with Gasteiger partial charge in [-0.05, 0) is 57.3 Å². The molecule has 1 aromatic carbocycles. The molecule has 0 saturated carbocycles. The third kappa shape index (κ3) is 7.92. The van der Waals surface area contributed by atoms with Crippen LogP contribution >= 0.6 is 11.6 Å². The summed E-state index contributed by atoms with van der Waals surface area (Å²) in [5.41, 5.74) is 1.78. The van der Waals surface area contributed by atoms with E-state index in [1.54, 1.807) is 6.08 Å². The molecule has 10 nitrogen and oxygen atoms in total. The molecule has 4 heterocycles. The first-order valence-electron chi connectivity index (χ1n) is 14.2. The summed E-state index contributed by atoms with van der Waals surface area (Å²) >= 11 is 6.91. The molecule has 11 heteroatoms. The summed E-state index contributed by atoms with van der Waals surface area (Å²) in [5.74, 6) is 1.30. The van der Waals surface area contributed by atoms with Crippen molar-refractivity contribution >= 4 is 29.1 Å². The molecule has 3 fully saturated rings. The number of hydrogen-bond donors (Lipinski definition) is 2. The number of morpholine rings is 1. The van der Waals surface area contributed by atoms with E-state index in [1.807, 2.05) is 30.3 Å². The number of benzene rings is 1. The van der Waals surface area contributed by atoms with Crippen LogP contribution in [-0.4, -0.2) is 92.6 Å². The van der Waals surface area contributed by atoms with E-state index in [0.29, 0.717) is 67.0 Å². The summed E-state index contributed by atoms with van der Waals surface area (Å²) in [4.78, 5) is 13.9. The minimum atomic E-state index is -0.281. The van der Waals surface area contributed by atoms with Crippen molar-refractivity contribution in [2.45, 2.75) is 44.5 Å². The maximum atomic E-state index is 8.72. The van der Waals surface area contributed by atoms with Gasteiger partial charge in [0.15, 0.2) is 12.1 Å². The summed E-state index contributed by atoms with van der Waals surface area (Å²) < 4.78 is 23.8. The zero-order chi connectivity index (χ0) is 27.7. The zero-order valence-electron chi connectivity index (χ0n) is 23.1. The topological polar surface area (TPSA) is 105 Å². The molecule has 0 amide bonds. The molecule has 2 aromatic rings. The number of aromatic nitrogens is 2. The van der Waals surface area contributed by atoms with Crippen molar-refractivity contribution in [3.8, 4) is 5.88 Å². The smallest absolute Gasteiger partial charge is 0.240 e. The van der Waals surface area contributed by atoms with Gasteiger partial charge in [-0.3, -0.25) is 0 Å². The lowest BCUT2D eigenvalue weighted by molar-refractivity contribution is -0.156. The minimum Gasteiger partial charge on any atom is -0.472 e. The Bertz CT molecular complexity index is 1150. The van der Waals surface area contributed by atoms with Gasteiger partial charge < -0.3 is 39.5 Å². The molecular formula is C29H39ClN6O4. The molecule has 3 aliphatic heterocycles. The van der Waals surface area contributed by atoms with Crippen molar-refractivity contribution in [1.82, 2.24) is 14.9 Å². The van der Waals surface area contributed by atoms with E-state index >= 15 is 0 Å². The molecule has 3 saturated heterocycles. The fourth-order valence-electron chi connectivity index (χ4n) is 5.02. The molecule has 0 spiro atoms. The Labute approximate surface area is 241 Å². The van der Waals surface area contributed by atoms with Crippen LogP contribution in [0.15, 0.2) is 42.1 Å². The molecule has 3 aliphatic rings. The van der Waals surface area contributed by atoms with Crippen LogP contribution in [-0.2, 0) is 14.2 Å². The highest BCUT2D eigenvalue weighted by atomic mass is 35.5. The van der Waals surface area contributed by atoms with Crippen LogP contribution < -0.4 is 15.0 Å². The highest BCUT2D eigenvalue weighted by Crippen LogP contribution is 2.34. The van der Waals surface area contributed by atoms with Gasteiger partial charge in [-0.15, -0.1) is 0 Å². The summed E-state index contributed by atoms with van der Waals surface area (Å²) in [6, 6.07) is 9.58. The van der Waals surface area contributed by atoms with Gasteiger partial charge in [0.05, 0.1) is 25.5 Å². The van der Waals surface area contributed by atoms with E-state index in [9.17, 15) is 0 Å². The number of ether oxygens (including phenoxy) is 4. The standard InChI is InChI=1S/C29H39ClN6O4/c1-35-12-7-10-23(19-35)40-28-26(30)27(33-29(34-28)36-13-16-37-17-14-36)32-22(20-39-25-11-5-6-15-38-25)18-24(31)21-8-3-2-4-9-21/h2-4,8-9,18,23,25,31H,5-7,10-17,19-20H2,1H3,(H,32,33,34)/b22-18-,31-24?. The predicted molar refractivity (Wildman–Crippen MR) is 156 cm³/mol. The Kier molecular flexibility index (Phi) is 10.2. The van der Waals surface area contributed by atoms with Crippen LogP contribution in [0.5, 0.6) is 5.88 Å². The largest absolute Gasteiger partial charge is 0.472 e. The molecular weight excluding hydrogens is 532 g/mol. The van der Waals surface area contributed by atoms with Crippen molar-refractivity contribution in [2.75, 3.05) is 69.9 Å². The van der Waals surface area contributed by atoms with Gasteiger partial charge in [0.1, 0.15) is 11.1 Å². The van der Waals surface area contributed by atoms with E-state index in [-0.39, 0.29) is 19.0 Å². The zero-order valence-corrected chi connectivity index (χ0v) is 23.9. The molecule has 5 rings (SSSR count).